The average molecular weight is 310 g/mol. The van der Waals surface area contributed by atoms with Gasteiger partial charge in [0.05, 0.1) is 11.5 Å². The third-order valence-corrected chi connectivity index (χ3v) is 3.17. The summed E-state index contributed by atoms with van der Waals surface area (Å²) in [7, 11) is 0. The van der Waals surface area contributed by atoms with E-state index in [0.717, 1.165) is 0 Å². The lowest BCUT2D eigenvalue weighted by atomic mass is 10.1. The van der Waals surface area contributed by atoms with Crippen molar-refractivity contribution in [1.29, 1.82) is 0 Å². The summed E-state index contributed by atoms with van der Waals surface area (Å²) in [6, 6.07) is 11.5. The molecule has 6 heteroatoms. The molecule has 0 atom stereocenters. The highest BCUT2D eigenvalue weighted by Crippen LogP contribution is 2.20. The Labute approximate surface area is 130 Å². The predicted octanol–water partition coefficient (Wildman–Crippen LogP) is 1.53. The zero-order valence-electron chi connectivity index (χ0n) is 11.7. The molecule has 0 aliphatic carbocycles. The third-order valence-electron chi connectivity index (χ3n) is 3.17. The number of rotatable bonds is 3. The molecule has 2 aromatic carbocycles. The van der Waals surface area contributed by atoms with Gasteiger partial charge < -0.3 is 14.6 Å². The fraction of sp³-hybridized carbons (Fsp3) is 0. The van der Waals surface area contributed by atoms with Crippen LogP contribution in [0.15, 0.2) is 59.2 Å². The van der Waals surface area contributed by atoms with Gasteiger partial charge in [0, 0.05) is 0 Å². The van der Waals surface area contributed by atoms with Gasteiger partial charge in [-0.25, -0.2) is 14.2 Å². The average Bonchev–Trinajstić information content (AvgIpc) is 2.89. The number of cyclic esters (lactones) is 1. The van der Waals surface area contributed by atoms with Gasteiger partial charge in [-0.2, -0.15) is 0 Å². The SMILES string of the molecule is O=C1OC(c2ccccc2F)=N/C1=C\c1ccc(C(=O)[O-])cc1. The topological polar surface area (TPSA) is 78.8 Å². The number of carboxylic acids is 1. The van der Waals surface area contributed by atoms with E-state index in [-0.39, 0.29) is 22.7 Å². The van der Waals surface area contributed by atoms with Crippen molar-refractivity contribution in [2.24, 2.45) is 4.99 Å². The summed E-state index contributed by atoms with van der Waals surface area (Å²) in [5.74, 6) is -2.64. The van der Waals surface area contributed by atoms with Crippen LogP contribution in [0.25, 0.3) is 6.08 Å². The number of nitrogens with zero attached hydrogens (tertiary/aromatic N) is 1. The van der Waals surface area contributed by atoms with Gasteiger partial charge in [0.25, 0.3) is 0 Å². The number of halogens is 1. The maximum absolute atomic E-state index is 13.7. The highest BCUT2D eigenvalue weighted by Gasteiger charge is 2.25. The zero-order chi connectivity index (χ0) is 16.4. The molecule has 0 N–H and O–H groups in total. The Hall–Kier alpha value is -3.28. The Bertz CT molecular complexity index is 853. The Kier molecular flexibility index (Phi) is 3.72. The molecule has 2 aromatic rings. The van der Waals surface area contributed by atoms with Crippen molar-refractivity contribution in [1.82, 2.24) is 0 Å². The first-order valence-electron chi connectivity index (χ1n) is 6.63. The molecule has 1 heterocycles. The Balaban J connectivity index is 1.92. The molecule has 0 unspecified atom stereocenters. The lowest BCUT2D eigenvalue weighted by Crippen LogP contribution is -2.21. The summed E-state index contributed by atoms with van der Waals surface area (Å²) < 4.78 is 18.7. The number of aromatic carboxylic acids is 1. The smallest absolute Gasteiger partial charge is 0.363 e. The normalized spacial score (nSPS) is 15.4. The molecule has 1 aliphatic rings. The molecule has 0 fully saturated rings. The number of esters is 1. The number of carbonyl (C=O) groups excluding carboxylic acids is 2. The summed E-state index contributed by atoms with van der Waals surface area (Å²) in [6.45, 7) is 0. The van der Waals surface area contributed by atoms with Crippen LogP contribution in [0.5, 0.6) is 0 Å². The first-order chi connectivity index (χ1) is 11.0. The molecule has 5 nitrogen and oxygen atoms in total. The Morgan fingerprint density at radius 2 is 1.83 bits per heavy atom. The van der Waals surface area contributed by atoms with Gasteiger partial charge in [-0.15, -0.1) is 0 Å². The van der Waals surface area contributed by atoms with E-state index in [9.17, 15) is 19.1 Å². The van der Waals surface area contributed by atoms with Crippen LogP contribution in [0.1, 0.15) is 21.5 Å². The highest BCUT2D eigenvalue weighted by atomic mass is 19.1. The van der Waals surface area contributed by atoms with Crippen LogP contribution in [0.4, 0.5) is 4.39 Å². The molecule has 114 valence electrons. The van der Waals surface area contributed by atoms with Crippen LogP contribution in [-0.2, 0) is 9.53 Å². The van der Waals surface area contributed by atoms with Crippen LogP contribution in [0.3, 0.4) is 0 Å². The van der Waals surface area contributed by atoms with Gasteiger partial charge in [0.1, 0.15) is 5.82 Å². The number of hydrogen-bond acceptors (Lipinski definition) is 5. The zero-order valence-corrected chi connectivity index (χ0v) is 11.7. The molecular formula is C17H9FNO4-. The van der Waals surface area contributed by atoms with Gasteiger partial charge in [0.15, 0.2) is 5.70 Å². The number of carboxylic acid groups (broad SMARTS) is 1. The number of ether oxygens (including phenoxy) is 1. The second kappa shape index (κ2) is 5.84. The molecule has 1 aliphatic heterocycles. The standard InChI is InChI=1S/C17H10FNO4/c18-13-4-2-1-3-12(13)15-19-14(17(22)23-15)9-10-5-7-11(8-6-10)16(20)21/h1-9H,(H,20,21)/p-1/b14-9-. The maximum atomic E-state index is 13.7. The second-order valence-electron chi connectivity index (χ2n) is 4.73. The molecule has 0 saturated carbocycles. The van der Waals surface area contributed by atoms with Crippen molar-refractivity contribution in [2.45, 2.75) is 0 Å². The molecule has 0 aromatic heterocycles. The first-order valence-corrected chi connectivity index (χ1v) is 6.63. The van der Waals surface area contributed by atoms with Crippen molar-refractivity contribution >= 4 is 23.9 Å². The highest BCUT2D eigenvalue weighted by molar-refractivity contribution is 6.12. The molecule has 0 bridgehead atoms. The van der Waals surface area contributed by atoms with Gasteiger partial charge in [-0.05, 0) is 29.3 Å². The molecular weight excluding hydrogens is 301 g/mol. The van der Waals surface area contributed by atoms with E-state index in [1.54, 1.807) is 6.07 Å². The van der Waals surface area contributed by atoms with E-state index >= 15 is 0 Å². The van der Waals surface area contributed by atoms with Crippen LogP contribution in [0, 0.1) is 5.82 Å². The van der Waals surface area contributed by atoms with Crippen LogP contribution in [-0.4, -0.2) is 17.8 Å². The minimum atomic E-state index is -1.29. The second-order valence-corrected chi connectivity index (χ2v) is 4.73. The van der Waals surface area contributed by atoms with E-state index in [4.69, 9.17) is 4.74 Å². The molecule has 0 amide bonds. The van der Waals surface area contributed by atoms with Crippen molar-refractivity contribution in [2.75, 3.05) is 0 Å². The molecule has 0 radical (unpaired) electrons. The monoisotopic (exact) mass is 310 g/mol. The lowest BCUT2D eigenvalue weighted by molar-refractivity contribution is -0.255. The summed E-state index contributed by atoms with van der Waals surface area (Å²) in [5.41, 5.74) is 0.679. The summed E-state index contributed by atoms with van der Waals surface area (Å²) in [4.78, 5) is 26.5. The van der Waals surface area contributed by atoms with Crippen molar-refractivity contribution in [3.8, 4) is 0 Å². The Morgan fingerprint density at radius 1 is 1.13 bits per heavy atom. The van der Waals surface area contributed by atoms with Gasteiger partial charge in [0.2, 0.25) is 5.90 Å². The van der Waals surface area contributed by atoms with E-state index in [2.05, 4.69) is 4.99 Å². The third kappa shape index (κ3) is 3.01. The van der Waals surface area contributed by atoms with Crippen molar-refractivity contribution in [3.63, 3.8) is 0 Å². The molecule has 23 heavy (non-hydrogen) atoms. The van der Waals surface area contributed by atoms with E-state index < -0.39 is 17.8 Å². The first kappa shape index (κ1) is 14.6. The van der Waals surface area contributed by atoms with E-state index in [1.165, 1.54) is 48.5 Å². The summed E-state index contributed by atoms with van der Waals surface area (Å²) in [5, 5.41) is 10.7. The molecule has 0 spiro atoms. The largest absolute Gasteiger partial charge is 0.545 e. The van der Waals surface area contributed by atoms with E-state index in [1.807, 2.05) is 0 Å². The number of aliphatic imine (C=N–C) groups is 1. The summed E-state index contributed by atoms with van der Waals surface area (Å²) >= 11 is 0. The van der Waals surface area contributed by atoms with Crippen molar-refractivity contribution in [3.05, 3.63) is 76.7 Å². The van der Waals surface area contributed by atoms with Crippen LogP contribution >= 0.6 is 0 Å². The quantitative estimate of drug-likeness (QED) is 0.636. The van der Waals surface area contributed by atoms with Gasteiger partial charge in [-0.1, -0.05) is 36.4 Å². The Morgan fingerprint density at radius 3 is 2.48 bits per heavy atom. The number of benzene rings is 2. The lowest BCUT2D eigenvalue weighted by Gasteiger charge is -2.01. The fourth-order valence-corrected chi connectivity index (χ4v) is 2.03. The van der Waals surface area contributed by atoms with Gasteiger partial charge >= 0.3 is 5.97 Å². The molecule has 0 saturated heterocycles. The van der Waals surface area contributed by atoms with Crippen LogP contribution in [0.2, 0.25) is 0 Å². The minimum absolute atomic E-state index is 0.00412. The minimum Gasteiger partial charge on any atom is -0.545 e. The number of carbonyl (C=O) groups is 2. The summed E-state index contributed by atoms with van der Waals surface area (Å²) in [6.07, 6.45) is 1.43. The van der Waals surface area contributed by atoms with Crippen LogP contribution < -0.4 is 5.11 Å². The van der Waals surface area contributed by atoms with E-state index in [0.29, 0.717) is 5.56 Å². The maximum Gasteiger partial charge on any atom is 0.363 e. The molecule has 3 rings (SSSR count). The number of hydrogen-bond donors (Lipinski definition) is 0. The van der Waals surface area contributed by atoms with Gasteiger partial charge in [-0.3, -0.25) is 0 Å². The van der Waals surface area contributed by atoms with Crippen molar-refractivity contribution < 1.29 is 23.8 Å². The predicted molar refractivity (Wildman–Crippen MR) is 77.8 cm³/mol. The fourth-order valence-electron chi connectivity index (χ4n) is 2.03.